The SMILES string of the molecule is C=CCCOC(=O)[C@@H]1[C@@H]2CC(C)C3(S2)C(C(=O)N(CC=C)C(C)(C)CC(C)(C)C)N([C@@H](CO)[C@@H](C)CC)C(=O)[C@H]13. The van der Waals surface area contributed by atoms with Gasteiger partial charge in [0.15, 0.2) is 0 Å². The van der Waals surface area contributed by atoms with E-state index in [4.69, 9.17) is 4.74 Å². The zero-order valence-corrected chi connectivity index (χ0v) is 26.8. The van der Waals surface area contributed by atoms with Crippen molar-refractivity contribution in [1.82, 2.24) is 9.80 Å². The second-order valence-corrected chi connectivity index (χ2v) is 15.5. The molecule has 3 unspecified atom stereocenters. The van der Waals surface area contributed by atoms with Gasteiger partial charge in [-0.15, -0.1) is 24.9 Å². The molecule has 7 nitrogen and oxygen atoms in total. The summed E-state index contributed by atoms with van der Waals surface area (Å²) in [4.78, 5) is 46.6. The average Bonchev–Trinajstić information content (AvgIpc) is 3.45. The van der Waals surface area contributed by atoms with Crippen molar-refractivity contribution in [3.05, 3.63) is 25.3 Å². The van der Waals surface area contributed by atoms with E-state index in [-0.39, 0.29) is 53.5 Å². The van der Waals surface area contributed by atoms with Gasteiger partial charge in [0, 0.05) is 17.3 Å². The average molecular weight is 577 g/mol. The molecule has 0 aromatic rings. The Labute approximate surface area is 246 Å². The molecule has 2 bridgehead atoms. The van der Waals surface area contributed by atoms with E-state index in [9.17, 15) is 19.5 Å². The Balaban J connectivity index is 2.17. The fraction of sp³-hybridized carbons (Fsp3) is 0.781. The second kappa shape index (κ2) is 12.2. The van der Waals surface area contributed by atoms with E-state index >= 15 is 0 Å². The molecule has 1 spiro atoms. The van der Waals surface area contributed by atoms with Crippen LogP contribution < -0.4 is 0 Å². The number of likely N-dealkylation sites (tertiary alicyclic amines) is 1. The predicted molar refractivity (Wildman–Crippen MR) is 162 cm³/mol. The van der Waals surface area contributed by atoms with Crippen LogP contribution in [0.4, 0.5) is 0 Å². The summed E-state index contributed by atoms with van der Waals surface area (Å²) in [6, 6.07) is -1.31. The number of nitrogens with zero attached hydrogens (tertiary/aromatic N) is 2. The van der Waals surface area contributed by atoms with Gasteiger partial charge in [-0.1, -0.05) is 60.1 Å². The number of carbonyl (C=O) groups is 3. The number of hydrogen-bond acceptors (Lipinski definition) is 6. The van der Waals surface area contributed by atoms with Crippen LogP contribution in [-0.2, 0) is 19.1 Å². The highest BCUT2D eigenvalue weighted by atomic mass is 32.2. The molecule has 226 valence electrons. The van der Waals surface area contributed by atoms with E-state index in [2.05, 4.69) is 54.7 Å². The monoisotopic (exact) mass is 576 g/mol. The molecule has 0 aliphatic carbocycles. The van der Waals surface area contributed by atoms with Gasteiger partial charge in [-0.05, 0) is 50.4 Å². The van der Waals surface area contributed by atoms with Crippen molar-refractivity contribution in [2.75, 3.05) is 19.8 Å². The van der Waals surface area contributed by atoms with Crippen molar-refractivity contribution in [3.63, 3.8) is 0 Å². The predicted octanol–water partition coefficient (Wildman–Crippen LogP) is 5.08. The van der Waals surface area contributed by atoms with Crippen molar-refractivity contribution in [1.29, 1.82) is 0 Å². The fourth-order valence-corrected chi connectivity index (χ4v) is 10.2. The zero-order valence-electron chi connectivity index (χ0n) is 25.9. The van der Waals surface area contributed by atoms with Crippen LogP contribution in [0.1, 0.15) is 81.1 Å². The third-order valence-corrected chi connectivity index (χ3v) is 11.4. The van der Waals surface area contributed by atoms with Gasteiger partial charge in [-0.3, -0.25) is 14.4 Å². The summed E-state index contributed by atoms with van der Waals surface area (Å²) >= 11 is 1.65. The van der Waals surface area contributed by atoms with Gasteiger partial charge >= 0.3 is 5.97 Å². The first-order valence-corrected chi connectivity index (χ1v) is 15.8. The Hall–Kier alpha value is -1.80. The zero-order chi connectivity index (χ0) is 30.2. The van der Waals surface area contributed by atoms with Crippen molar-refractivity contribution in [3.8, 4) is 0 Å². The number of thioether (sulfide) groups is 1. The van der Waals surface area contributed by atoms with Crippen molar-refractivity contribution in [2.24, 2.45) is 29.1 Å². The molecule has 3 saturated heterocycles. The molecule has 8 atom stereocenters. The maximum atomic E-state index is 15.0. The Bertz CT molecular complexity index is 990. The van der Waals surface area contributed by atoms with Crippen LogP contribution in [-0.4, -0.2) is 80.1 Å². The van der Waals surface area contributed by atoms with E-state index in [1.807, 2.05) is 18.7 Å². The molecule has 3 aliphatic rings. The van der Waals surface area contributed by atoms with Gasteiger partial charge in [0.25, 0.3) is 0 Å². The minimum atomic E-state index is -0.786. The Morgan fingerprint density at radius 1 is 1.25 bits per heavy atom. The number of aliphatic hydroxyl groups excluding tert-OH is 1. The normalized spacial score (nSPS) is 31.1. The maximum absolute atomic E-state index is 15.0. The summed E-state index contributed by atoms with van der Waals surface area (Å²) in [7, 11) is 0. The van der Waals surface area contributed by atoms with Crippen molar-refractivity contribution in [2.45, 2.75) is 109 Å². The molecule has 0 aromatic carbocycles. The Morgan fingerprint density at radius 2 is 1.90 bits per heavy atom. The van der Waals surface area contributed by atoms with E-state index < -0.39 is 34.2 Å². The highest BCUT2D eigenvalue weighted by Gasteiger charge is 2.77. The third kappa shape index (κ3) is 5.64. The van der Waals surface area contributed by atoms with Gasteiger partial charge in [0.1, 0.15) is 6.04 Å². The largest absolute Gasteiger partial charge is 0.465 e. The van der Waals surface area contributed by atoms with Crippen LogP contribution in [0.3, 0.4) is 0 Å². The smallest absolute Gasteiger partial charge is 0.310 e. The minimum absolute atomic E-state index is 0.0228. The Morgan fingerprint density at radius 3 is 2.42 bits per heavy atom. The minimum Gasteiger partial charge on any atom is -0.465 e. The van der Waals surface area contributed by atoms with Crippen molar-refractivity contribution < 1.29 is 24.2 Å². The highest BCUT2D eigenvalue weighted by molar-refractivity contribution is 8.02. The van der Waals surface area contributed by atoms with Crippen molar-refractivity contribution >= 4 is 29.5 Å². The first kappa shape index (κ1) is 32.7. The first-order valence-electron chi connectivity index (χ1n) is 14.9. The number of amides is 2. The molecule has 0 saturated carbocycles. The summed E-state index contributed by atoms with van der Waals surface area (Å²) in [5.41, 5.74) is -0.542. The summed E-state index contributed by atoms with van der Waals surface area (Å²) in [5.74, 6) is -1.92. The summed E-state index contributed by atoms with van der Waals surface area (Å²) in [6.45, 7) is 24.8. The number of carbonyl (C=O) groups excluding carboxylic acids is 3. The van der Waals surface area contributed by atoms with Crippen LogP contribution in [0.25, 0.3) is 0 Å². The summed E-state index contributed by atoms with van der Waals surface area (Å²) in [6.07, 6.45) is 6.25. The van der Waals surface area contributed by atoms with E-state index in [1.54, 1.807) is 28.8 Å². The number of ether oxygens (including phenoxy) is 1. The number of hydrogen-bond donors (Lipinski definition) is 1. The topological polar surface area (TPSA) is 87.2 Å². The van der Waals surface area contributed by atoms with Crippen LogP contribution in [0.5, 0.6) is 0 Å². The standard InChI is InChI=1S/C32H52N2O5S/c1-11-14-16-39-29(38)24-23-17-21(5)32(40-23)25(24)27(36)34(22(18-35)20(4)13-3)26(32)28(37)33(15-12-2)31(9,10)19-30(6,7)8/h11-12,20-26,35H,1-2,13-19H2,3-10H3/t20-,21?,22-,23-,24+,25-,26?,32?/m0/s1. The van der Waals surface area contributed by atoms with E-state index in [0.29, 0.717) is 13.0 Å². The number of aliphatic hydroxyl groups is 1. The van der Waals surface area contributed by atoms with Gasteiger partial charge in [0.05, 0.1) is 35.8 Å². The fourth-order valence-electron chi connectivity index (χ4n) is 7.82. The first-order chi connectivity index (χ1) is 18.6. The van der Waals surface area contributed by atoms with Crippen LogP contribution in [0.15, 0.2) is 25.3 Å². The third-order valence-electron chi connectivity index (χ3n) is 9.37. The molecule has 1 N–H and O–H groups in total. The molecule has 3 heterocycles. The summed E-state index contributed by atoms with van der Waals surface area (Å²) in [5, 5.41) is 10.6. The van der Waals surface area contributed by atoms with E-state index in [0.717, 1.165) is 19.3 Å². The molecule has 3 aliphatic heterocycles. The number of esters is 1. The number of rotatable bonds is 13. The van der Waals surface area contributed by atoms with Gasteiger partial charge < -0.3 is 19.6 Å². The lowest BCUT2D eigenvalue weighted by atomic mass is 9.66. The lowest BCUT2D eigenvalue weighted by Gasteiger charge is -2.48. The van der Waals surface area contributed by atoms with Crippen LogP contribution in [0.2, 0.25) is 0 Å². The molecule has 2 amide bonds. The van der Waals surface area contributed by atoms with Crippen LogP contribution in [0, 0.1) is 29.1 Å². The van der Waals surface area contributed by atoms with E-state index in [1.165, 1.54) is 0 Å². The molecule has 0 radical (unpaired) electrons. The molecule has 40 heavy (non-hydrogen) atoms. The van der Waals surface area contributed by atoms with Gasteiger partial charge in [-0.25, -0.2) is 0 Å². The molecule has 3 rings (SSSR count). The Kier molecular flexibility index (Phi) is 9.98. The van der Waals surface area contributed by atoms with Gasteiger partial charge in [-0.2, -0.15) is 0 Å². The molecular weight excluding hydrogens is 524 g/mol. The number of fused-ring (bicyclic) bond motifs is 1. The molecule has 0 aromatic heterocycles. The molecule has 8 heteroatoms. The molecule has 3 fully saturated rings. The van der Waals surface area contributed by atoms with Gasteiger partial charge in [0.2, 0.25) is 11.8 Å². The highest BCUT2D eigenvalue weighted by Crippen LogP contribution is 2.69. The quantitative estimate of drug-likeness (QED) is 0.187. The lowest BCUT2D eigenvalue weighted by molar-refractivity contribution is -0.155. The van der Waals surface area contributed by atoms with Crippen LogP contribution >= 0.6 is 11.8 Å². The lowest BCUT2D eigenvalue weighted by Crippen LogP contribution is -2.63. The summed E-state index contributed by atoms with van der Waals surface area (Å²) < 4.78 is 4.87. The second-order valence-electron chi connectivity index (χ2n) is 14.0. The maximum Gasteiger partial charge on any atom is 0.310 e. The molecular formula is C32H52N2O5S.